The van der Waals surface area contributed by atoms with E-state index in [0.717, 1.165) is 11.3 Å². The van der Waals surface area contributed by atoms with E-state index in [1.54, 1.807) is 11.5 Å². The zero-order valence-corrected chi connectivity index (χ0v) is 11.3. The average Bonchev–Trinajstić information content (AvgIpc) is 2.62. The fraction of sp³-hybridized carbons (Fsp3) is 0.538. The Hall–Kier alpha value is -1.78. The third-order valence-electron chi connectivity index (χ3n) is 2.85. The summed E-state index contributed by atoms with van der Waals surface area (Å²) in [5.41, 5.74) is 2.29. The molecule has 1 rings (SSSR count). The lowest BCUT2D eigenvalue weighted by molar-refractivity contribution is -0.140. The number of nitrogens with zero attached hydrogens (tertiary/aromatic N) is 1. The van der Waals surface area contributed by atoms with Crippen molar-refractivity contribution >= 4 is 11.9 Å². The number of esters is 2. The van der Waals surface area contributed by atoms with E-state index in [4.69, 9.17) is 4.74 Å². The number of methoxy groups -OCH3 is 1. The number of rotatable bonds is 5. The summed E-state index contributed by atoms with van der Waals surface area (Å²) < 4.78 is 11.4. The smallest absolute Gasteiger partial charge is 0.355 e. The van der Waals surface area contributed by atoms with E-state index in [2.05, 4.69) is 4.74 Å². The molecule has 1 aromatic heterocycles. The normalized spacial score (nSPS) is 10.2. The molecule has 0 fully saturated rings. The highest BCUT2D eigenvalue weighted by molar-refractivity contribution is 5.90. The fourth-order valence-electron chi connectivity index (χ4n) is 1.81. The molecule has 0 atom stereocenters. The van der Waals surface area contributed by atoms with Crippen LogP contribution in [0.4, 0.5) is 0 Å². The van der Waals surface area contributed by atoms with Gasteiger partial charge < -0.3 is 14.0 Å². The van der Waals surface area contributed by atoms with Crippen LogP contribution in [0.1, 0.15) is 35.1 Å². The topological polar surface area (TPSA) is 57.5 Å². The molecule has 0 saturated carbocycles. The van der Waals surface area contributed by atoms with E-state index in [1.807, 2.05) is 20.0 Å². The van der Waals surface area contributed by atoms with Gasteiger partial charge in [-0.25, -0.2) is 4.79 Å². The second kappa shape index (κ2) is 6.23. The summed E-state index contributed by atoms with van der Waals surface area (Å²) in [6.45, 7) is 4.01. The molecule has 0 aromatic carbocycles. The third-order valence-corrected chi connectivity index (χ3v) is 2.85. The minimum atomic E-state index is -0.354. The quantitative estimate of drug-likeness (QED) is 0.748. The highest BCUT2D eigenvalue weighted by Gasteiger charge is 2.19. The molecule has 1 heterocycles. The Labute approximate surface area is 107 Å². The van der Waals surface area contributed by atoms with Gasteiger partial charge >= 0.3 is 11.9 Å². The summed E-state index contributed by atoms with van der Waals surface area (Å²) in [6, 6.07) is 1.90. The molecule has 0 aliphatic carbocycles. The van der Waals surface area contributed by atoms with Crippen LogP contribution in [0.15, 0.2) is 6.07 Å². The molecule has 0 aliphatic heterocycles. The van der Waals surface area contributed by atoms with Crippen LogP contribution in [-0.4, -0.2) is 30.2 Å². The van der Waals surface area contributed by atoms with Gasteiger partial charge in [0.25, 0.3) is 0 Å². The van der Waals surface area contributed by atoms with Crippen LogP contribution in [0, 0.1) is 6.92 Å². The van der Waals surface area contributed by atoms with Crippen molar-refractivity contribution < 1.29 is 19.1 Å². The van der Waals surface area contributed by atoms with Gasteiger partial charge in [-0.2, -0.15) is 0 Å². The first kappa shape index (κ1) is 14.3. The Morgan fingerprint density at radius 1 is 1.39 bits per heavy atom. The Balaban J connectivity index is 2.93. The highest BCUT2D eigenvalue weighted by Crippen LogP contribution is 2.17. The molecule has 18 heavy (non-hydrogen) atoms. The van der Waals surface area contributed by atoms with Crippen molar-refractivity contribution in [1.29, 1.82) is 0 Å². The SMILES string of the molecule is CCOC(=O)c1c(CCC(=O)OC)cc(C)n1C. The van der Waals surface area contributed by atoms with Gasteiger partial charge in [-0.1, -0.05) is 0 Å². The van der Waals surface area contributed by atoms with Crippen LogP contribution < -0.4 is 0 Å². The summed E-state index contributed by atoms with van der Waals surface area (Å²) in [5, 5.41) is 0. The van der Waals surface area contributed by atoms with Gasteiger partial charge in [0.2, 0.25) is 0 Å². The molecule has 0 unspecified atom stereocenters. The summed E-state index contributed by atoms with van der Waals surface area (Å²) in [5.74, 6) is -0.640. The fourth-order valence-corrected chi connectivity index (χ4v) is 1.81. The summed E-state index contributed by atoms with van der Waals surface area (Å²) in [6.07, 6.45) is 0.731. The number of aromatic nitrogens is 1. The van der Waals surface area contributed by atoms with E-state index in [-0.39, 0.29) is 18.4 Å². The number of carbonyl (C=O) groups is 2. The highest BCUT2D eigenvalue weighted by atomic mass is 16.5. The first-order valence-corrected chi connectivity index (χ1v) is 5.90. The maximum Gasteiger partial charge on any atom is 0.355 e. The summed E-state index contributed by atoms with van der Waals surface area (Å²) in [4.78, 5) is 23.0. The molecule has 1 aromatic rings. The van der Waals surface area contributed by atoms with Crippen molar-refractivity contribution in [2.45, 2.75) is 26.7 Å². The Kier molecular flexibility index (Phi) is 4.95. The lowest BCUT2D eigenvalue weighted by Gasteiger charge is -2.07. The summed E-state index contributed by atoms with van der Waals surface area (Å²) >= 11 is 0. The number of hydrogen-bond donors (Lipinski definition) is 0. The van der Waals surface area contributed by atoms with E-state index >= 15 is 0 Å². The van der Waals surface area contributed by atoms with Gasteiger partial charge in [-0.3, -0.25) is 4.79 Å². The molecule has 0 radical (unpaired) electrons. The van der Waals surface area contributed by atoms with E-state index in [9.17, 15) is 9.59 Å². The molecule has 0 spiro atoms. The molecule has 100 valence electrons. The van der Waals surface area contributed by atoms with Crippen LogP contribution in [0.2, 0.25) is 0 Å². The Morgan fingerprint density at radius 2 is 2.06 bits per heavy atom. The van der Waals surface area contributed by atoms with Gasteiger partial charge in [-0.05, 0) is 31.9 Å². The first-order valence-electron chi connectivity index (χ1n) is 5.90. The van der Waals surface area contributed by atoms with Crippen LogP contribution in [-0.2, 0) is 27.7 Å². The van der Waals surface area contributed by atoms with Crippen molar-refractivity contribution in [2.24, 2.45) is 7.05 Å². The molecule has 0 amide bonds. The van der Waals surface area contributed by atoms with Crippen LogP contribution in [0.3, 0.4) is 0 Å². The van der Waals surface area contributed by atoms with Crippen molar-refractivity contribution in [1.82, 2.24) is 4.57 Å². The number of aryl methyl sites for hydroxylation is 2. The second-order valence-electron chi connectivity index (χ2n) is 4.02. The predicted octanol–water partition coefficient (Wildman–Crippen LogP) is 1.62. The van der Waals surface area contributed by atoms with Gasteiger partial charge in [-0.15, -0.1) is 0 Å². The minimum Gasteiger partial charge on any atom is -0.469 e. The molecule has 0 aliphatic rings. The summed E-state index contributed by atoms with van der Waals surface area (Å²) in [7, 11) is 3.16. The molecule has 0 saturated heterocycles. The largest absolute Gasteiger partial charge is 0.469 e. The maximum absolute atomic E-state index is 11.9. The second-order valence-corrected chi connectivity index (χ2v) is 4.02. The van der Waals surface area contributed by atoms with Gasteiger partial charge in [0.05, 0.1) is 13.7 Å². The van der Waals surface area contributed by atoms with Gasteiger partial charge in [0.1, 0.15) is 5.69 Å². The third kappa shape index (κ3) is 3.12. The van der Waals surface area contributed by atoms with E-state index in [0.29, 0.717) is 18.7 Å². The van der Waals surface area contributed by atoms with E-state index < -0.39 is 0 Å². The zero-order valence-electron chi connectivity index (χ0n) is 11.3. The molecular weight excluding hydrogens is 234 g/mol. The zero-order chi connectivity index (χ0) is 13.7. The number of carbonyl (C=O) groups excluding carboxylic acids is 2. The molecule has 0 N–H and O–H groups in total. The number of ether oxygens (including phenoxy) is 2. The van der Waals surface area contributed by atoms with Crippen LogP contribution in [0.5, 0.6) is 0 Å². The monoisotopic (exact) mass is 253 g/mol. The van der Waals surface area contributed by atoms with Crippen LogP contribution >= 0.6 is 0 Å². The molecule has 5 heteroatoms. The molecular formula is C13H19NO4. The van der Waals surface area contributed by atoms with Crippen molar-refractivity contribution in [3.8, 4) is 0 Å². The Bertz CT molecular complexity index is 448. The van der Waals surface area contributed by atoms with Crippen molar-refractivity contribution in [2.75, 3.05) is 13.7 Å². The average molecular weight is 253 g/mol. The standard InChI is InChI=1S/C13H19NO4/c1-5-18-13(16)12-10(6-7-11(15)17-4)8-9(2)14(12)3/h8H,5-7H2,1-4H3. The van der Waals surface area contributed by atoms with Gasteiger partial charge in [0.15, 0.2) is 0 Å². The predicted molar refractivity (Wildman–Crippen MR) is 66.4 cm³/mol. The van der Waals surface area contributed by atoms with Crippen molar-refractivity contribution in [3.05, 3.63) is 23.0 Å². The maximum atomic E-state index is 11.9. The minimum absolute atomic E-state index is 0.256. The molecule has 5 nitrogen and oxygen atoms in total. The molecule has 0 bridgehead atoms. The number of hydrogen-bond acceptors (Lipinski definition) is 4. The van der Waals surface area contributed by atoms with Gasteiger partial charge in [0, 0.05) is 19.2 Å². The Morgan fingerprint density at radius 3 is 2.61 bits per heavy atom. The van der Waals surface area contributed by atoms with Crippen molar-refractivity contribution in [3.63, 3.8) is 0 Å². The van der Waals surface area contributed by atoms with E-state index in [1.165, 1.54) is 7.11 Å². The lowest BCUT2D eigenvalue weighted by Crippen LogP contribution is -2.13. The lowest BCUT2D eigenvalue weighted by atomic mass is 10.1. The first-order chi connectivity index (χ1) is 8.51. The van der Waals surface area contributed by atoms with Crippen LogP contribution in [0.25, 0.3) is 0 Å².